The molecular weight excluding hydrogens is 375 g/mol. The van der Waals surface area contributed by atoms with E-state index in [1.54, 1.807) is 6.08 Å². The molecule has 29 heavy (non-hydrogen) atoms. The van der Waals surface area contributed by atoms with Crippen molar-refractivity contribution in [2.75, 3.05) is 6.61 Å². The summed E-state index contributed by atoms with van der Waals surface area (Å²) in [7, 11) is 0. The van der Waals surface area contributed by atoms with Crippen molar-refractivity contribution < 1.29 is 28.6 Å². The van der Waals surface area contributed by atoms with Crippen LogP contribution in [0.1, 0.15) is 65.7 Å². The molecule has 0 aromatic rings. The van der Waals surface area contributed by atoms with Gasteiger partial charge in [0.25, 0.3) is 0 Å². The molecule has 0 bridgehead atoms. The van der Waals surface area contributed by atoms with Crippen LogP contribution in [0.15, 0.2) is 11.6 Å². The van der Waals surface area contributed by atoms with Crippen molar-refractivity contribution in [2.24, 2.45) is 28.6 Å². The zero-order valence-electron chi connectivity index (χ0n) is 17.5. The molecule has 4 aliphatic carbocycles. The summed E-state index contributed by atoms with van der Waals surface area (Å²) >= 11 is 0. The maximum Gasteiger partial charge on any atom is 0.303 e. The first-order valence-electron chi connectivity index (χ1n) is 10.8. The molecule has 0 spiro atoms. The monoisotopic (exact) mass is 406 g/mol. The summed E-state index contributed by atoms with van der Waals surface area (Å²) in [5.41, 5.74) is -1.84. The number of Topliss-reactive ketones (excluding diaryl/α,β-unsaturated/α-hetero) is 1. The Kier molecular flexibility index (Phi) is 4.80. The van der Waals surface area contributed by atoms with Crippen molar-refractivity contribution in [3.8, 4) is 0 Å². The first-order valence-corrected chi connectivity index (χ1v) is 10.8. The molecule has 7 atom stereocenters. The van der Waals surface area contributed by atoms with Gasteiger partial charge in [-0.3, -0.25) is 14.4 Å². The number of carbonyl (C=O) groups excluding carboxylic acids is 3. The van der Waals surface area contributed by atoms with Crippen molar-refractivity contribution in [1.29, 1.82) is 0 Å². The topological polar surface area (TPSA) is 80.7 Å². The van der Waals surface area contributed by atoms with Crippen molar-refractivity contribution in [3.05, 3.63) is 11.6 Å². The van der Waals surface area contributed by atoms with Crippen LogP contribution in [0.4, 0.5) is 4.39 Å². The highest BCUT2D eigenvalue weighted by Crippen LogP contribution is 2.67. The summed E-state index contributed by atoms with van der Waals surface area (Å²) in [5.74, 6) is -0.587. The van der Waals surface area contributed by atoms with Crippen LogP contribution in [-0.2, 0) is 19.1 Å². The van der Waals surface area contributed by atoms with E-state index in [2.05, 4.69) is 6.92 Å². The van der Waals surface area contributed by atoms with Gasteiger partial charge in [0.1, 0.15) is 11.8 Å². The smallest absolute Gasteiger partial charge is 0.303 e. The van der Waals surface area contributed by atoms with Crippen LogP contribution in [0, 0.1) is 28.6 Å². The summed E-state index contributed by atoms with van der Waals surface area (Å²) in [6.45, 7) is 4.88. The highest BCUT2D eigenvalue weighted by atomic mass is 19.1. The molecule has 0 radical (unpaired) electrons. The number of ether oxygens (including phenoxy) is 1. The molecule has 5 nitrogen and oxygen atoms in total. The summed E-state index contributed by atoms with van der Waals surface area (Å²) in [4.78, 5) is 35.9. The summed E-state index contributed by atoms with van der Waals surface area (Å²) in [6, 6.07) is 0. The number of ketones is 2. The lowest BCUT2D eigenvalue weighted by Gasteiger charge is -2.59. The Hall–Kier alpha value is -1.56. The molecule has 0 heterocycles. The quantitative estimate of drug-likeness (QED) is 0.727. The Morgan fingerprint density at radius 1 is 1.21 bits per heavy atom. The predicted molar refractivity (Wildman–Crippen MR) is 104 cm³/mol. The van der Waals surface area contributed by atoms with Gasteiger partial charge in [-0.25, -0.2) is 4.39 Å². The van der Waals surface area contributed by atoms with Crippen LogP contribution < -0.4 is 0 Å². The number of hydrogen-bond acceptors (Lipinski definition) is 5. The lowest BCUT2D eigenvalue weighted by molar-refractivity contribution is -0.170. The fourth-order valence-electron chi connectivity index (χ4n) is 7.32. The average molecular weight is 406 g/mol. The molecular formula is C23H31FO5. The molecule has 0 unspecified atom stereocenters. The Balaban J connectivity index is 1.64. The number of esters is 1. The molecule has 0 aliphatic heterocycles. The van der Waals surface area contributed by atoms with Crippen LogP contribution in [0.5, 0.6) is 0 Å². The average Bonchev–Trinajstić information content (AvgIpc) is 2.94. The zero-order valence-corrected chi connectivity index (χ0v) is 17.5. The summed E-state index contributed by atoms with van der Waals surface area (Å²) in [5, 5.41) is 11.4. The minimum absolute atomic E-state index is 0.0190. The number of carbonyl (C=O) groups is 3. The van der Waals surface area contributed by atoms with Gasteiger partial charge in [-0.05, 0) is 73.3 Å². The number of hydrogen-bond donors (Lipinski definition) is 1. The normalized spacial score (nSPS) is 46.2. The third-order valence-corrected chi connectivity index (χ3v) is 8.96. The van der Waals surface area contributed by atoms with Crippen LogP contribution >= 0.6 is 0 Å². The lowest BCUT2D eigenvalue weighted by atomic mass is 9.46. The minimum Gasteiger partial charge on any atom is -0.458 e. The van der Waals surface area contributed by atoms with Gasteiger partial charge in [0.15, 0.2) is 12.4 Å². The summed E-state index contributed by atoms with van der Waals surface area (Å²) < 4.78 is 20.1. The number of rotatable bonds is 3. The fourth-order valence-corrected chi connectivity index (χ4v) is 7.32. The number of alkyl halides is 1. The second kappa shape index (κ2) is 6.73. The van der Waals surface area contributed by atoms with Crippen molar-refractivity contribution in [3.63, 3.8) is 0 Å². The van der Waals surface area contributed by atoms with Gasteiger partial charge in [0.2, 0.25) is 5.78 Å². The van der Waals surface area contributed by atoms with Crippen LogP contribution in [0.25, 0.3) is 0 Å². The van der Waals surface area contributed by atoms with Crippen molar-refractivity contribution >= 4 is 17.5 Å². The SMILES string of the molecule is CC(=O)OCC(=O)[C@@]1(O)CC[C@H]2[C@@H]3C[C@H](F)C4=CC(=O)CC[C@]4(C)[C@H]3CC[C@@]21C. The molecule has 0 aromatic heterocycles. The van der Waals surface area contributed by atoms with E-state index in [-0.39, 0.29) is 29.0 Å². The van der Waals surface area contributed by atoms with E-state index in [0.717, 1.165) is 6.42 Å². The molecule has 6 heteroatoms. The maximum atomic E-state index is 15.2. The number of allylic oxidation sites excluding steroid dienone is 1. The summed E-state index contributed by atoms with van der Waals surface area (Å²) in [6.07, 6.45) is 4.37. The first kappa shape index (κ1) is 20.7. The number of halogens is 1. The van der Waals surface area contributed by atoms with E-state index < -0.39 is 35.5 Å². The Morgan fingerprint density at radius 2 is 1.90 bits per heavy atom. The second-order valence-corrected chi connectivity index (χ2v) is 10.1. The van der Waals surface area contributed by atoms with Gasteiger partial charge < -0.3 is 9.84 Å². The van der Waals surface area contributed by atoms with E-state index in [0.29, 0.717) is 44.1 Å². The van der Waals surface area contributed by atoms with Crippen LogP contribution in [0.3, 0.4) is 0 Å². The molecule has 0 amide bonds. The first-order chi connectivity index (χ1) is 13.5. The van der Waals surface area contributed by atoms with Gasteiger partial charge in [-0.15, -0.1) is 0 Å². The number of aliphatic hydroxyl groups is 1. The van der Waals surface area contributed by atoms with Gasteiger partial charge in [-0.1, -0.05) is 13.8 Å². The molecule has 160 valence electrons. The standard InChI is InChI=1S/C23H31FO5/c1-13(25)29-12-20(27)23(28)9-6-17-15-11-19(24)18-10-14(26)4-7-21(18,2)16(15)5-8-22(17,23)3/h10,15-17,19,28H,4-9,11-12H2,1-3H3/t15-,16+,17+,19+,21-,22+,23+/m1/s1. The van der Waals surface area contributed by atoms with E-state index in [4.69, 9.17) is 4.74 Å². The minimum atomic E-state index is -1.54. The van der Waals surface area contributed by atoms with E-state index in [1.807, 2.05) is 6.92 Å². The largest absolute Gasteiger partial charge is 0.458 e. The maximum absolute atomic E-state index is 15.2. The second-order valence-electron chi connectivity index (χ2n) is 10.1. The molecule has 3 fully saturated rings. The molecule has 4 rings (SSSR count). The highest BCUT2D eigenvalue weighted by Gasteiger charge is 2.67. The van der Waals surface area contributed by atoms with Crippen LogP contribution in [0.2, 0.25) is 0 Å². The van der Waals surface area contributed by atoms with E-state index in [9.17, 15) is 19.5 Å². The third kappa shape index (κ3) is 2.85. The Bertz CT molecular complexity index is 790. The van der Waals surface area contributed by atoms with E-state index >= 15 is 4.39 Å². The van der Waals surface area contributed by atoms with Gasteiger partial charge in [-0.2, -0.15) is 0 Å². The molecule has 1 N–H and O–H groups in total. The Morgan fingerprint density at radius 3 is 2.59 bits per heavy atom. The predicted octanol–water partition coefficient (Wildman–Crippen LogP) is 3.33. The molecule has 0 aromatic carbocycles. The van der Waals surface area contributed by atoms with Gasteiger partial charge in [0, 0.05) is 18.8 Å². The molecule has 0 saturated heterocycles. The van der Waals surface area contributed by atoms with Crippen LogP contribution in [-0.4, -0.2) is 41.0 Å². The van der Waals surface area contributed by atoms with Gasteiger partial charge >= 0.3 is 5.97 Å². The number of fused-ring (bicyclic) bond motifs is 5. The van der Waals surface area contributed by atoms with Crippen molar-refractivity contribution in [1.82, 2.24) is 0 Å². The fraction of sp³-hybridized carbons (Fsp3) is 0.783. The third-order valence-electron chi connectivity index (χ3n) is 8.96. The molecule has 3 saturated carbocycles. The zero-order chi connectivity index (χ0) is 21.2. The van der Waals surface area contributed by atoms with Gasteiger partial charge in [0.05, 0.1) is 0 Å². The van der Waals surface area contributed by atoms with Crippen molar-refractivity contribution in [2.45, 2.75) is 77.5 Å². The van der Waals surface area contributed by atoms with E-state index in [1.165, 1.54) is 6.92 Å². The molecule has 4 aliphatic rings. The lowest BCUT2D eigenvalue weighted by Crippen LogP contribution is -2.59. The highest BCUT2D eigenvalue weighted by molar-refractivity contribution is 5.92. The Labute approximate surface area is 171 Å².